The van der Waals surface area contributed by atoms with Gasteiger partial charge < -0.3 is 9.79 Å². The third-order valence-electron chi connectivity index (χ3n) is 4.70. The summed E-state index contributed by atoms with van der Waals surface area (Å²) in [6.45, 7) is 2.17. The first kappa shape index (κ1) is 36.6. The molecular weight excluding hydrogens is 517 g/mol. The molecule has 0 heterocycles. The van der Waals surface area contributed by atoms with Crippen LogP contribution in [0.5, 0.6) is 0 Å². The first-order valence-corrected chi connectivity index (χ1v) is 12.5. The summed E-state index contributed by atoms with van der Waals surface area (Å²) in [4.78, 5) is 16.2. The van der Waals surface area contributed by atoms with Crippen molar-refractivity contribution >= 4 is 172 Å². The predicted molar refractivity (Wildman–Crippen MR) is 132 cm³/mol. The summed E-state index contributed by atoms with van der Waals surface area (Å²) in [5.74, 6) is 0. The summed E-state index contributed by atoms with van der Waals surface area (Å²) in [5, 5.41) is 0. The van der Waals surface area contributed by atoms with E-state index in [0.29, 0.717) is 6.42 Å². The van der Waals surface area contributed by atoms with Crippen molar-refractivity contribution in [1.29, 1.82) is 0 Å². The quantitative estimate of drug-likeness (QED) is 0.240. The average molecular weight is 547 g/mol. The zero-order valence-electron chi connectivity index (χ0n) is 15.9. The molecule has 0 aliphatic rings. The topological polar surface area (TPSA) is 112 Å². The monoisotopic (exact) mass is 546 g/mol. The fourth-order valence-electron chi connectivity index (χ4n) is 3.08. The van der Waals surface area contributed by atoms with Gasteiger partial charge in [0.05, 0.1) is 0 Å². The molecule has 3 N–H and O–H groups in total. The van der Waals surface area contributed by atoms with E-state index in [9.17, 15) is 13.0 Å². The van der Waals surface area contributed by atoms with E-state index in [-0.39, 0.29) is 167 Å². The van der Waals surface area contributed by atoms with Crippen LogP contribution in [0.4, 0.5) is 0 Å². The van der Waals surface area contributed by atoms with Crippen molar-refractivity contribution in [2.75, 3.05) is 0 Å². The molecule has 31 heavy (non-hydrogen) atoms. The average Bonchev–Trinajstić information content (AvgIpc) is 2.62. The molecule has 0 fully saturated rings. The van der Waals surface area contributed by atoms with E-state index in [4.69, 9.17) is 14.3 Å². The number of unbranched alkanes of at least 4 members (excludes halogenated alkanes) is 1. The van der Waals surface area contributed by atoms with Crippen molar-refractivity contribution in [2.45, 2.75) is 50.4 Å². The minimum absolute atomic E-state index is 0. The van der Waals surface area contributed by atoms with Crippen LogP contribution in [0, 0.1) is 0 Å². The van der Waals surface area contributed by atoms with Gasteiger partial charge in [0.2, 0.25) is 0 Å². The molecular formula is C20H30K3O6PS. The van der Waals surface area contributed by atoms with Crippen LogP contribution in [0.25, 0.3) is 11.1 Å². The van der Waals surface area contributed by atoms with Crippen molar-refractivity contribution in [2.24, 2.45) is 0 Å². The van der Waals surface area contributed by atoms with E-state index in [2.05, 4.69) is 31.2 Å². The van der Waals surface area contributed by atoms with E-state index < -0.39 is 22.7 Å². The molecule has 2 aromatic carbocycles. The van der Waals surface area contributed by atoms with Crippen LogP contribution in [0.1, 0.15) is 43.7 Å². The molecule has 0 bridgehead atoms. The Kier molecular flexibility index (Phi) is 21.0. The third-order valence-corrected chi connectivity index (χ3v) is 8.25. The summed E-state index contributed by atoms with van der Waals surface area (Å²) in [6, 6.07) is 16.2. The molecule has 0 spiro atoms. The molecule has 6 nitrogen and oxygen atoms in total. The van der Waals surface area contributed by atoms with Gasteiger partial charge in [-0.15, -0.1) is 0 Å². The minimum atomic E-state index is -4.92. The Morgan fingerprint density at radius 1 is 0.806 bits per heavy atom. The van der Waals surface area contributed by atoms with Crippen molar-refractivity contribution in [3.63, 3.8) is 0 Å². The molecule has 0 aliphatic heterocycles. The molecule has 11 heteroatoms. The molecule has 160 valence electrons. The number of hydrogen-bond acceptors (Lipinski definition) is 3. The molecule has 0 amide bonds. The van der Waals surface area contributed by atoms with Gasteiger partial charge in [-0.25, -0.2) is 0 Å². The Morgan fingerprint density at radius 3 is 1.52 bits per heavy atom. The second-order valence-corrected chi connectivity index (χ2v) is 10.7. The zero-order chi connectivity index (χ0) is 20.8. The first-order valence-electron chi connectivity index (χ1n) is 9.31. The Bertz CT molecular complexity index is 915. The Morgan fingerprint density at radius 2 is 1.19 bits per heavy atom. The molecule has 1 atom stereocenters. The molecule has 0 saturated heterocycles. The van der Waals surface area contributed by atoms with Gasteiger partial charge in [-0.05, 0) is 54.4 Å². The van der Waals surface area contributed by atoms with E-state index in [1.807, 2.05) is 24.3 Å². The Labute approximate surface area is 313 Å². The fraction of sp³-hybridized carbons (Fsp3) is 0.400. The molecule has 0 radical (unpaired) electrons. The zero-order valence-corrected chi connectivity index (χ0v) is 17.6. The van der Waals surface area contributed by atoms with Crippen LogP contribution in [-0.4, -0.2) is 182 Å². The van der Waals surface area contributed by atoms with Gasteiger partial charge in [0.15, 0.2) is 4.99 Å². The van der Waals surface area contributed by atoms with Crippen molar-refractivity contribution < 1.29 is 27.3 Å². The van der Waals surface area contributed by atoms with Crippen molar-refractivity contribution in [3.8, 4) is 11.1 Å². The van der Waals surface area contributed by atoms with Gasteiger partial charge >= 0.3 is 162 Å². The Balaban J connectivity index is 0. The van der Waals surface area contributed by atoms with Crippen molar-refractivity contribution in [1.82, 2.24) is 0 Å². The number of benzene rings is 2. The molecule has 0 aromatic heterocycles. The van der Waals surface area contributed by atoms with Gasteiger partial charge in [0.1, 0.15) is 0 Å². The third kappa shape index (κ3) is 13.5. The summed E-state index contributed by atoms with van der Waals surface area (Å²) < 4.78 is 42.6. The normalized spacial score (nSPS) is 12.1. The SMILES string of the molecule is CCCCc1ccc(-c2ccc(CCCC(P(=O)(O)O)S(=O)(=O)O)cc2)cc1.[KH].[KH].[KH]. The molecule has 1 unspecified atom stereocenters. The van der Waals surface area contributed by atoms with E-state index in [1.54, 1.807) is 0 Å². The summed E-state index contributed by atoms with van der Waals surface area (Å²) in [5.41, 5.74) is 4.43. The van der Waals surface area contributed by atoms with E-state index >= 15 is 0 Å². The second kappa shape index (κ2) is 17.8. The first-order chi connectivity index (χ1) is 13.1. The summed E-state index contributed by atoms with van der Waals surface area (Å²) in [6.07, 6.45) is 3.82. The summed E-state index contributed by atoms with van der Waals surface area (Å²) >= 11 is 0. The van der Waals surface area contributed by atoms with Crippen LogP contribution < -0.4 is 0 Å². The fourth-order valence-corrected chi connectivity index (χ4v) is 5.45. The van der Waals surface area contributed by atoms with Crippen LogP contribution in [0.3, 0.4) is 0 Å². The van der Waals surface area contributed by atoms with E-state index in [1.165, 1.54) is 18.4 Å². The van der Waals surface area contributed by atoms with Gasteiger partial charge in [-0.3, -0.25) is 9.12 Å². The predicted octanol–water partition coefficient (Wildman–Crippen LogP) is 2.47. The molecule has 0 aliphatic carbocycles. The van der Waals surface area contributed by atoms with Crippen LogP contribution in [0.2, 0.25) is 0 Å². The van der Waals surface area contributed by atoms with Crippen LogP contribution >= 0.6 is 7.60 Å². The molecule has 2 aromatic rings. The second-order valence-electron chi connectivity index (χ2n) is 6.95. The maximum atomic E-state index is 11.3. The van der Waals surface area contributed by atoms with Gasteiger partial charge in [-0.1, -0.05) is 61.9 Å². The van der Waals surface area contributed by atoms with E-state index in [0.717, 1.165) is 23.1 Å². The number of rotatable bonds is 10. The Hall–Kier alpha value is 3.41. The van der Waals surface area contributed by atoms with Crippen LogP contribution in [0.15, 0.2) is 48.5 Å². The van der Waals surface area contributed by atoms with Crippen LogP contribution in [-0.2, 0) is 27.5 Å². The molecule has 0 saturated carbocycles. The maximum absolute atomic E-state index is 11.3. The summed E-state index contributed by atoms with van der Waals surface area (Å²) in [7, 11) is -9.71. The number of aryl methyl sites for hydroxylation is 2. The van der Waals surface area contributed by atoms with Gasteiger partial charge in [0.25, 0.3) is 10.1 Å². The van der Waals surface area contributed by atoms with Gasteiger partial charge in [0, 0.05) is 0 Å². The van der Waals surface area contributed by atoms with Gasteiger partial charge in [-0.2, -0.15) is 8.42 Å². The standard InChI is InChI=1S/C20H27O6PS.3K.3H/c1-2-3-5-16-8-12-18(13-9-16)19-14-10-17(11-15-19)6-4-7-20(27(21,22)23)28(24,25)26;;;;;;/h8-15,20H,2-7H2,1H3,(H2,21,22,23)(H,24,25,26);;;;;;. The number of hydrogen-bond donors (Lipinski definition) is 3. The molecule has 2 rings (SSSR count). The van der Waals surface area contributed by atoms with Crippen molar-refractivity contribution in [3.05, 3.63) is 59.7 Å².